The predicted octanol–water partition coefficient (Wildman–Crippen LogP) is 2.44. The normalized spacial score (nSPS) is 15.6. The van der Waals surface area contributed by atoms with Crippen LogP contribution in [0.3, 0.4) is 0 Å². The maximum Gasteiger partial charge on any atom is 0.222 e. The number of nitrogens with zero attached hydrogens (tertiary/aromatic N) is 2. The maximum absolute atomic E-state index is 12.1. The molecule has 0 radical (unpaired) electrons. The van der Waals surface area contributed by atoms with E-state index in [0.717, 1.165) is 50.6 Å². The molecule has 2 rings (SSSR count). The minimum atomic E-state index is 0.296. The van der Waals surface area contributed by atoms with Gasteiger partial charge in [0, 0.05) is 39.1 Å². The van der Waals surface area contributed by atoms with Gasteiger partial charge in [-0.3, -0.25) is 9.69 Å². The van der Waals surface area contributed by atoms with Crippen LogP contribution < -0.4 is 9.47 Å². The van der Waals surface area contributed by atoms with Gasteiger partial charge in [-0.2, -0.15) is 0 Å². The Bertz CT molecular complexity index is 537. The monoisotopic (exact) mass is 334 g/mol. The van der Waals surface area contributed by atoms with Crippen LogP contribution in [0.1, 0.15) is 25.8 Å². The molecule has 1 amide bonds. The first-order valence-corrected chi connectivity index (χ1v) is 8.74. The summed E-state index contributed by atoms with van der Waals surface area (Å²) in [5.41, 5.74) is 1.24. The molecule has 0 aliphatic carbocycles. The van der Waals surface area contributed by atoms with Crippen LogP contribution in [0.25, 0.3) is 0 Å². The molecule has 134 valence electrons. The predicted molar refractivity (Wildman–Crippen MR) is 95.7 cm³/mol. The Morgan fingerprint density at radius 2 is 1.75 bits per heavy atom. The first-order chi connectivity index (χ1) is 11.5. The van der Waals surface area contributed by atoms with Gasteiger partial charge >= 0.3 is 0 Å². The summed E-state index contributed by atoms with van der Waals surface area (Å²) in [5.74, 6) is 2.27. The number of benzene rings is 1. The Morgan fingerprint density at radius 3 is 2.33 bits per heavy atom. The Morgan fingerprint density at radius 1 is 1.08 bits per heavy atom. The van der Waals surface area contributed by atoms with Crippen LogP contribution in [-0.4, -0.2) is 62.7 Å². The third-order valence-electron chi connectivity index (χ3n) is 4.47. The van der Waals surface area contributed by atoms with Gasteiger partial charge in [0.05, 0.1) is 14.2 Å². The highest BCUT2D eigenvalue weighted by molar-refractivity contribution is 5.76. The van der Waals surface area contributed by atoms with Crippen LogP contribution in [0.2, 0.25) is 0 Å². The standard InChI is InChI=1S/C19H30N2O3/c1-15(2)13-19(22)21-11-9-20(10-12-21)8-7-16-5-6-17(23-3)18(14-16)24-4/h5-6,14-15H,7-13H2,1-4H3. The molecule has 5 heteroatoms. The quantitative estimate of drug-likeness (QED) is 0.768. The maximum atomic E-state index is 12.1. The molecule has 1 saturated heterocycles. The molecule has 0 saturated carbocycles. The van der Waals surface area contributed by atoms with Crippen molar-refractivity contribution in [2.45, 2.75) is 26.7 Å². The number of piperazine rings is 1. The zero-order valence-electron chi connectivity index (χ0n) is 15.4. The number of hydrogen-bond acceptors (Lipinski definition) is 4. The van der Waals surface area contributed by atoms with Gasteiger partial charge in [-0.1, -0.05) is 19.9 Å². The van der Waals surface area contributed by atoms with Gasteiger partial charge in [0.2, 0.25) is 5.91 Å². The number of carbonyl (C=O) groups excluding carboxylic acids is 1. The number of methoxy groups -OCH3 is 2. The molecule has 0 atom stereocenters. The van der Waals surface area contributed by atoms with Crippen LogP contribution in [0, 0.1) is 5.92 Å². The summed E-state index contributed by atoms with van der Waals surface area (Å²) in [5, 5.41) is 0. The Labute approximate surface area is 145 Å². The number of ether oxygens (including phenoxy) is 2. The van der Waals surface area contributed by atoms with Crippen LogP contribution >= 0.6 is 0 Å². The molecule has 1 heterocycles. The van der Waals surface area contributed by atoms with Gasteiger partial charge in [-0.05, 0) is 30.0 Å². The van der Waals surface area contributed by atoms with Crippen molar-refractivity contribution < 1.29 is 14.3 Å². The van der Waals surface area contributed by atoms with E-state index in [1.165, 1.54) is 5.56 Å². The summed E-state index contributed by atoms with van der Waals surface area (Å²) < 4.78 is 10.6. The van der Waals surface area contributed by atoms with E-state index in [1.807, 2.05) is 17.0 Å². The molecule has 1 aliphatic heterocycles. The molecular weight excluding hydrogens is 304 g/mol. The Balaban J connectivity index is 1.79. The molecule has 1 aliphatic rings. The van der Waals surface area contributed by atoms with Crippen molar-refractivity contribution in [1.29, 1.82) is 0 Å². The highest BCUT2D eigenvalue weighted by Crippen LogP contribution is 2.27. The highest BCUT2D eigenvalue weighted by atomic mass is 16.5. The number of carbonyl (C=O) groups is 1. The van der Waals surface area contributed by atoms with Crippen LogP contribution in [0.4, 0.5) is 0 Å². The lowest BCUT2D eigenvalue weighted by molar-refractivity contribution is -0.133. The van der Waals surface area contributed by atoms with E-state index in [1.54, 1.807) is 14.2 Å². The summed E-state index contributed by atoms with van der Waals surface area (Å²) in [4.78, 5) is 16.5. The SMILES string of the molecule is COc1ccc(CCN2CCN(C(=O)CC(C)C)CC2)cc1OC. The number of rotatable bonds is 7. The van der Waals surface area contributed by atoms with E-state index < -0.39 is 0 Å². The van der Waals surface area contributed by atoms with E-state index in [-0.39, 0.29) is 0 Å². The van der Waals surface area contributed by atoms with Gasteiger partial charge in [-0.15, -0.1) is 0 Å². The third-order valence-corrected chi connectivity index (χ3v) is 4.47. The zero-order valence-corrected chi connectivity index (χ0v) is 15.4. The number of hydrogen-bond donors (Lipinski definition) is 0. The smallest absolute Gasteiger partial charge is 0.222 e. The molecule has 0 N–H and O–H groups in total. The average Bonchev–Trinajstić information content (AvgIpc) is 2.59. The minimum Gasteiger partial charge on any atom is -0.493 e. The van der Waals surface area contributed by atoms with Gasteiger partial charge < -0.3 is 14.4 Å². The van der Waals surface area contributed by atoms with Crippen molar-refractivity contribution in [3.05, 3.63) is 23.8 Å². The molecule has 24 heavy (non-hydrogen) atoms. The van der Waals surface area contributed by atoms with Gasteiger partial charge in [0.25, 0.3) is 0 Å². The second-order valence-corrected chi connectivity index (χ2v) is 6.76. The minimum absolute atomic E-state index is 0.296. The van der Waals surface area contributed by atoms with Crippen molar-refractivity contribution in [2.75, 3.05) is 46.9 Å². The lowest BCUT2D eigenvalue weighted by Gasteiger charge is -2.35. The topological polar surface area (TPSA) is 42.0 Å². The highest BCUT2D eigenvalue weighted by Gasteiger charge is 2.21. The molecule has 0 aromatic heterocycles. The molecule has 0 bridgehead atoms. The van der Waals surface area contributed by atoms with Gasteiger partial charge in [0.15, 0.2) is 11.5 Å². The van der Waals surface area contributed by atoms with Gasteiger partial charge in [0.1, 0.15) is 0 Å². The van der Waals surface area contributed by atoms with E-state index in [4.69, 9.17) is 9.47 Å². The molecular formula is C19H30N2O3. The van der Waals surface area contributed by atoms with Gasteiger partial charge in [-0.25, -0.2) is 0 Å². The van der Waals surface area contributed by atoms with E-state index >= 15 is 0 Å². The summed E-state index contributed by atoms with van der Waals surface area (Å²) in [6.07, 6.45) is 1.63. The van der Waals surface area contributed by atoms with Crippen molar-refractivity contribution in [2.24, 2.45) is 5.92 Å². The van der Waals surface area contributed by atoms with Crippen LogP contribution in [0.5, 0.6) is 11.5 Å². The Kier molecular flexibility index (Phi) is 6.91. The number of amides is 1. The fourth-order valence-electron chi connectivity index (χ4n) is 3.02. The summed E-state index contributed by atoms with van der Waals surface area (Å²) >= 11 is 0. The van der Waals surface area contributed by atoms with Crippen LogP contribution in [-0.2, 0) is 11.2 Å². The van der Waals surface area contributed by atoms with Crippen molar-refractivity contribution >= 4 is 5.91 Å². The molecule has 5 nitrogen and oxygen atoms in total. The van der Waals surface area contributed by atoms with E-state index in [2.05, 4.69) is 24.8 Å². The van der Waals surface area contributed by atoms with E-state index in [0.29, 0.717) is 18.2 Å². The van der Waals surface area contributed by atoms with Crippen molar-refractivity contribution in [3.8, 4) is 11.5 Å². The lowest BCUT2D eigenvalue weighted by atomic mass is 10.1. The first-order valence-electron chi connectivity index (χ1n) is 8.74. The molecule has 1 aromatic carbocycles. The molecule has 0 unspecified atom stereocenters. The molecule has 0 spiro atoms. The zero-order chi connectivity index (χ0) is 17.5. The van der Waals surface area contributed by atoms with Crippen molar-refractivity contribution in [1.82, 2.24) is 9.80 Å². The second kappa shape index (κ2) is 8.92. The molecule has 1 aromatic rings. The third kappa shape index (κ3) is 5.13. The molecule has 1 fully saturated rings. The first kappa shape index (κ1) is 18.6. The second-order valence-electron chi connectivity index (χ2n) is 6.76. The van der Waals surface area contributed by atoms with Crippen molar-refractivity contribution in [3.63, 3.8) is 0 Å². The fourth-order valence-corrected chi connectivity index (χ4v) is 3.02. The summed E-state index contributed by atoms with van der Waals surface area (Å²) in [6.45, 7) is 8.79. The van der Waals surface area contributed by atoms with Crippen LogP contribution in [0.15, 0.2) is 18.2 Å². The fraction of sp³-hybridized carbons (Fsp3) is 0.632. The van der Waals surface area contributed by atoms with E-state index in [9.17, 15) is 4.79 Å². The largest absolute Gasteiger partial charge is 0.493 e. The Hall–Kier alpha value is -1.75. The summed E-state index contributed by atoms with van der Waals surface area (Å²) in [6, 6.07) is 6.09. The average molecular weight is 334 g/mol. The lowest BCUT2D eigenvalue weighted by Crippen LogP contribution is -2.49. The summed E-state index contributed by atoms with van der Waals surface area (Å²) in [7, 11) is 3.31.